The van der Waals surface area contributed by atoms with E-state index >= 15 is 0 Å². The van der Waals surface area contributed by atoms with Gasteiger partial charge < -0.3 is 4.57 Å². The van der Waals surface area contributed by atoms with E-state index in [0.717, 1.165) is 5.49 Å². The fourth-order valence-electron chi connectivity index (χ4n) is 0.311. The van der Waals surface area contributed by atoms with E-state index in [4.69, 9.17) is 0 Å². The second-order valence-corrected chi connectivity index (χ2v) is 6.75. The molecule has 0 aromatic carbocycles. The first-order valence-corrected chi connectivity index (χ1v) is 6.27. The molecule has 0 radical (unpaired) electrons. The quantitative estimate of drug-likeness (QED) is 0.542. The Bertz CT molecular complexity index is 85.7. The van der Waals surface area contributed by atoms with Crippen molar-refractivity contribution in [3.05, 3.63) is 0 Å². The average Bonchev–Trinajstić information content (AvgIpc) is 1.30. The molecule has 0 aromatic rings. The first-order chi connectivity index (χ1) is 3.06. The minimum atomic E-state index is -1.70. The summed E-state index contributed by atoms with van der Waals surface area (Å²) < 4.78 is 10.8. The summed E-state index contributed by atoms with van der Waals surface area (Å²) in [7, 11) is -1.70. The summed E-state index contributed by atoms with van der Waals surface area (Å²) in [6, 6.07) is 0. The van der Waals surface area contributed by atoms with Crippen LogP contribution in [0.25, 0.3) is 0 Å². The van der Waals surface area contributed by atoms with E-state index in [2.05, 4.69) is 0 Å². The molecule has 0 N–H and O–H groups in total. The number of hydrogen-bond acceptors (Lipinski definition) is 2. The third kappa shape index (κ3) is 6.58. The largest absolute Gasteiger partial charge is 0.323 e. The van der Waals surface area contributed by atoms with Gasteiger partial charge in [-0.05, 0) is 19.6 Å². The van der Waals surface area contributed by atoms with Crippen LogP contribution in [-0.4, -0.2) is 25.1 Å². The van der Waals surface area contributed by atoms with Crippen molar-refractivity contribution in [3.63, 3.8) is 0 Å². The van der Waals surface area contributed by atoms with E-state index in [1.165, 1.54) is 0 Å². The highest BCUT2D eigenvalue weighted by molar-refractivity contribution is 8.04. The molecule has 0 aliphatic rings. The molecule has 0 unspecified atom stereocenters. The van der Waals surface area contributed by atoms with E-state index in [0.29, 0.717) is 0 Å². The normalized spacial score (nSPS) is 11.9. The molecule has 0 saturated heterocycles. The van der Waals surface area contributed by atoms with Gasteiger partial charge in [0.1, 0.15) is 0 Å². The zero-order chi connectivity index (χ0) is 5.91. The van der Waals surface area contributed by atoms with Gasteiger partial charge in [0.05, 0.1) is 7.14 Å². The molecule has 0 amide bonds. The third-order valence-electron chi connectivity index (χ3n) is 0.440. The predicted octanol–water partition coefficient (Wildman–Crippen LogP) is 1.93. The minimum absolute atomic E-state index is 0.812. The molecule has 0 atom stereocenters. The Labute approximate surface area is 49.2 Å². The summed E-state index contributed by atoms with van der Waals surface area (Å²) >= 11 is 1.65. The molecular formula is C4H11OPS. The minimum Gasteiger partial charge on any atom is -0.323 e. The monoisotopic (exact) mass is 138 g/mol. The van der Waals surface area contributed by atoms with Gasteiger partial charge in [0.15, 0.2) is 0 Å². The van der Waals surface area contributed by atoms with Crippen molar-refractivity contribution >= 4 is 18.9 Å². The SMILES string of the molecule is CSCP(C)(C)=O. The van der Waals surface area contributed by atoms with Crippen molar-refractivity contribution in [3.8, 4) is 0 Å². The van der Waals surface area contributed by atoms with Crippen LogP contribution in [0.2, 0.25) is 0 Å². The summed E-state index contributed by atoms with van der Waals surface area (Å²) in [4.78, 5) is 0. The van der Waals surface area contributed by atoms with Gasteiger partial charge in [-0.3, -0.25) is 0 Å². The Morgan fingerprint density at radius 3 is 2.00 bits per heavy atom. The van der Waals surface area contributed by atoms with Gasteiger partial charge in [-0.15, -0.1) is 0 Å². The zero-order valence-electron chi connectivity index (χ0n) is 4.97. The Balaban J connectivity index is 3.36. The maximum atomic E-state index is 10.8. The Morgan fingerprint density at radius 2 is 2.00 bits per heavy atom. The topological polar surface area (TPSA) is 17.1 Å². The van der Waals surface area contributed by atoms with Gasteiger partial charge in [0.25, 0.3) is 0 Å². The van der Waals surface area contributed by atoms with Crippen LogP contribution in [-0.2, 0) is 4.57 Å². The van der Waals surface area contributed by atoms with E-state index in [-0.39, 0.29) is 0 Å². The molecule has 44 valence electrons. The molecule has 0 spiro atoms. The summed E-state index contributed by atoms with van der Waals surface area (Å²) in [5.41, 5.74) is 0.812. The number of hydrogen-bond donors (Lipinski definition) is 0. The van der Waals surface area contributed by atoms with Crippen molar-refractivity contribution in [1.82, 2.24) is 0 Å². The highest BCUT2D eigenvalue weighted by Gasteiger charge is 2.02. The molecule has 0 fully saturated rings. The van der Waals surface area contributed by atoms with Gasteiger partial charge in [-0.2, -0.15) is 11.8 Å². The summed E-state index contributed by atoms with van der Waals surface area (Å²) in [6.07, 6.45) is 1.97. The van der Waals surface area contributed by atoms with Crippen molar-refractivity contribution < 1.29 is 4.57 Å². The van der Waals surface area contributed by atoms with Gasteiger partial charge in [-0.25, -0.2) is 0 Å². The summed E-state index contributed by atoms with van der Waals surface area (Å²) in [5, 5.41) is 0. The highest BCUT2D eigenvalue weighted by Crippen LogP contribution is 2.38. The molecule has 3 heteroatoms. The van der Waals surface area contributed by atoms with E-state index in [1.54, 1.807) is 11.8 Å². The molecule has 0 bridgehead atoms. The van der Waals surface area contributed by atoms with Crippen LogP contribution in [0.4, 0.5) is 0 Å². The second-order valence-electron chi connectivity index (χ2n) is 1.99. The fourth-order valence-corrected chi connectivity index (χ4v) is 2.80. The summed E-state index contributed by atoms with van der Waals surface area (Å²) in [5.74, 6) is 0. The lowest BCUT2D eigenvalue weighted by Crippen LogP contribution is -1.75. The molecular weight excluding hydrogens is 127 g/mol. The second kappa shape index (κ2) is 2.78. The lowest BCUT2D eigenvalue weighted by atomic mass is 11.8. The molecule has 0 aliphatic heterocycles. The van der Waals surface area contributed by atoms with Gasteiger partial charge in [0, 0.05) is 5.49 Å². The van der Waals surface area contributed by atoms with Crippen LogP contribution in [0.1, 0.15) is 0 Å². The van der Waals surface area contributed by atoms with E-state index in [9.17, 15) is 4.57 Å². The first-order valence-electron chi connectivity index (χ1n) is 2.09. The van der Waals surface area contributed by atoms with Crippen LogP contribution in [0.5, 0.6) is 0 Å². The predicted molar refractivity (Wildman–Crippen MR) is 37.8 cm³/mol. The highest BCUT2D eigenvalue weighted by atomic mass is 32.2. The molecule has 0 heterocycles. The van der Waals surface area contributed by atoms with Gasteiger partial charge in [-0.1, -0.05) is 0 Å². The van der Waals surface area contributed by atoms with E-state index in [1.807, 2.05) is 19.6 Å². The number of thioether (sulfide) groups is 1. The lowest BCUT2D eigenvalue weighted by molar-refractivity contribution is 0.585. The maximum absolute atomic E-state index is 10.8. The third-order valence-corrected chi connectivity index (χ3v) is 3.96. The first kappa shape index (κ1) is 7.58. The Morgan fingerprint density at radius 1 is 1.57 bits per heavy atom. The van der Waals surface area contributed by atoms with Crippen LogP contribution < -0.4 is 0 Å². The molecule has 0 aromatic heterocycles. The maximum Gasteiger partial charge on any atom is 0.0913 e. The summed E-state index contributed by atoms with van der Waals surface area (Å²) in [6.45, 7) is 3.62. The van der Waals surface area contributed by atoms with Crippen LogP contribution in [0.15, 0.2) is 0 Å². The molecule has 0 aliphatic carbocycles. The van der Waals surface area contributed by atoms with Crippen molar-refractivity contribution in [2.75, 3.05) is 25.1 Å². The van der Waals surface area contributed by atoms with E-state index < -0.39 is 7.14 Å². The smallest absolute Gasteiger partial charge is 0.0913 e. The zero-order valence-corrected chi connectivity index (χ0v) is 6.68. The van der Waals surface area contributed by atoms with Gasteiger partial charge in [0.2, 0.25) is 0 Å². The average molecular weight is 138 g/mol. The van der Waals surface area contributed by atoms with Gasteiger partial charge >= 0.3 is 0 Å². The fraction of sp³-hybridized carbons (Fsp3) is 1.00. The Kier molecular flexibility index (Phi) is 3.01. The van der Waals surface area contributed by atoms with Crippen molar-refractivity contribution in [2.45, 2.75) is 0 Å². The molecule has 0 rings (SSSR count). The van der Waals surface area contributed by atoms with Crippen molar-refractivity contribution in [1.29, 1.82) is 0 Å². The lowest BCUT2D eigenvalue weighted by Gasteiger charge is -1.99. The molecule has 1 nitrogen and oxygen atoms in total. The standard InChI is InChI=1S/C4H11OPS/c1-6(2,5)4-7-3/h4H2,1-3H3. The number of rotatable bonds is 2. The van der Waals surface area contributed by atoms with Crippen molar-refractivity contribution in [2.24, 2.45) is 0 Å². The van der Waals surface area contributed by atoms with Crippen LogP contribution in [0, 0.1) is 0 Å². The van der Waals surface area contributed by atoms with Crippen LogP contribution >= 0.6 is 18.9 Å². The molecule has 0 saturated carbocycles. The Hall–Kier alpha value is 0.580. The van der Waals surface area contributed by atoms with Crippen LogP contribution in [0.3, 0.4) is 0 Å². The molecule has 7 heavy (non-hydrogen) atoms.